The second kappa shape index (κ2) is 7.90. The topological polar surface area (TPSA) is 129 Å². The van der Waals surface area contributed by atoms with E-state index in [1.807, 2.05) is 0 Å². The van der Waals surface area contributed by atoms with Crippen molar-refractivity contribution >= 4 is 34.7 Å². The Bertz CT molecular complexity index is 804. The van der Waals surface area contributed by atoms with Crippen molar-refractivity contribution in [2.24, 2.45) is 16.1 Å². The highest BCUT2D eigenvalue weighted by molar-refractivity contribution is 6.32. The number of nitrogens with zero attached hydrogens (tertiary/aromatic N) is 4. The molecule has 1 aliphatic carbocycles. The lowest BCUT2D eigenvalue weighted by molar-refractivity contribution is 0.157. The van der Waals surface area contributed by atoms with Gasteiger partial charge >= 0.3 is 0 Å². The molecule has 1 aliphatic rings. The van der Waals surface area contributed by atoms with Crippen LogP contribution in [0.4, 0.5) is 27.5 Å². The van der Waals surface area contributed by atoms with Gasteiger partial charge in [-0.3, -0.25) is 0 Å². The maximum absolute atomic E-state index is 13.0. The lowest BCUT2D eigenvalue weighted by Gasteiger charge is -2.18. The average Bonchev–Trinajstić information content (AvgIpc) is 2.95. The number of aromatic nitrogens is 2. The van der Waals surface area contributed by atoms with Crippen molar-refractivity contribution in [3.8, 4) is 0 Å². The smallest absolute Gasteiger partial charge is 0.223 e. The first kappa shape index (κ1) is 18.4. The van der Waals surface area contributed by atoms with Crippen LogP contribution in [0.5, 0.6) is 0 Å². The highest BCUT2D eigenvalue weighted by Gasteiger charge is 2.33. The van der Waals surface area contributed by atoms with Gasteiger partial charge in [0.1, 0.15) is 5.82 Å². The van der Waals surface area contributed by atoms with E-state index in [9.17, 15) is 14.6 Å². The van der Waals surface area contributed by atoms with Gasteiger partial charge in [-0.15, -0.1) is 5.11 Å². The molecule has 0 spiro atoms. The number of nitrogens with two attached hydrogens (primary N) is 1. The summed E-state index contributed by atoms with van der Waals surface area (Å²) in [6, 6.07) is 5.11. The molecule has 0 saturated heterocycles. The molecule has 1 heterocycles. The van der Waals surface area contributed by atoms with Crippen LogP contribution in [-0.2, 0) is 0 Å². The minimum atomic E-state index is -0.649. The fourth-order valence-electron chi connectivity index (χ4n) is 2.85. The van der Waals surface area contributed by atoms with Gasteiger partial charge in [-0.05, 0) is 43.0 Å². The van der Waals surface area contributed by atoms with E-state index >= 15 is 0 Å². The van der Waals surface area contributed by atoms with E-state index in [-0.39, 0.29) is 47.0 Å². The van der Waals surface area contributed by atoms with Crippen LogP contribution in [0.25, 0.3) is 0 Å². The minimum absolute atomic E-state index is 0.000951. The minimum Gasteiger partial charge on any atom is -0.396 e. The zero-order valence-corrected chi connectivity index (χ0v) is 14.4. The van der Waals surface area contributed by atoms with Crippen molar-refractivity contribution < 1.29 is 14.6 Å². The summed E-state index contributed by atoms with van der Waals surface area (Å²) < 4.78 is 13.0. The molecule has 1 aromatic carbocycles. The van der Waals surface area contributed by atoms with Crippen molar-refractivity contribution in [2.75, 3.05) is 17.7 Å². The summed E-state index contributed by atoms with van der Waals surface area (Å²) in [5, 5.41) is 30.5. The summed E-state index contributed by atoms with van der Waals surface area (Å²) in [6.45, 7) is -0.000951. The third-order valence-corrected chi connectivity index (χ3v) is 4.42. The SMILES string of the molecule is Nc1nc(Cl)c(N=Nc2ccc(F)cc2)c(NC2CC(CO)CC2O)n1. The number of aliphatic hydroxyl groups excluding tert-OH is 2. The second-order valence-corrected chi connectivity index (χ2v) is 6.44. The van der Waals surface area contributed by atoms with Crippen LogP contribution in [0.15, 0.2) is 34.5 Å². The van der Waals surface area contributed by atoms with Crippen molar-refractivity contribution in [3.63, 3.8) is 0 Å². The van der Waals surface area contributed by atoms with Crippen LogP contribution in [0.1, 0.15) is 12.8 Å². The van der Waals surface area contributed by atoms with Gasteiger partial charge in [0.05, 0.1) is 17.8 Å². The molecule has 3 atom stereocenters. The Hall–Kier alpha value is -2.36. The van der Waals surface area contributed by atoms with E-state index < -0.39 is 6.10 Å². The average molecular weight is 381 g/mol. The predicted octanol–water partition coefficient (Wildman–Crippen LogP) is 2.81. The quantitative estimate of drug-likeness (QED) is 0.466. The van der Waals surface area contributed by atoms with Crippen LogP contribution in [0.2, 0.25) is 5.15 Å². The first-order chi connectivity index (χ1) is 12.5. The van der Waals surface area contributed by atoms with Gasteiger partial charge in [0.25, 0.3) is 0 Å². The van der Waals surface area contributed by atoms with Crippen molar-refractivity contribution in [3.05, 3.63) is 35.2 Å². The largest absolute Gasteiger partial charge is 0.396 e. The summed E-state index contributed by atoms with van der Waals surface area (Å²) in [4.78, 5) is 7.95. The van der Waals surface area contributed by atoms with Gasteiger partial charge in [0, 0.05) is 6.61 Å². The second-order valence-electron chi connectivity index (χ2n) is 6.08. The van der Waals surface area contributed by atoms with Gasteiger partial charge in [-0.1, -0.05) is 11.6 Å². The Morgan fingerprint density at radius 1 is 1.23 bits per heavy atom. The van der Waals surface area contributed by atoms with Crippen molar-refractivity contribution in [1.29, 1.82) is 0 Å². The normalized spacial score (nSPS) is 22.8. The molecule has 0 aliphatic heterocycles. The molecule has 0 amide bonds. The molecule has 1 saturated carbocycles. The standard InChI is InChI=1S/C16H18ClFN6O2/c17-14-13(24-23-10-3-1-9(18)2-4-10)15(22-16(19)21-14)20-11-5-8(7-25)6-12(11)26/h1-4,8,11-12,25-26H,5-7H2,(H3,19,20,21,22). The van der Waals surface area contributed by atoms with Crippen LogP contribution in [-0.4, -0.2) is 38.9 Å². The molecule has 0 radical (unpaired) electrons. The highest BCUT2D eigenvalue weighted by Crippen LogP contribution is 2.35. The van der Waals surface area contributed by atoms with E-state index in [4.69, 9.17) is 17.3 Å². The molecule has 1 aromatic heterocycles. The summed E-state index contributed by atoms with van der Waals surface area (Å²) >= 11 is 6.12. The maximum atomic E-state index is 13.0. The molecule has 138 valence electrons. The first-order valence-corrected chi connectivity index (χ1v) is 8.40. The van der Waals surface area contributed by atoms with Gasteiger partial charge in [-0.2, -0.15) is 15.1 Å². The van der Waals surface area contributed by atoms with E-state index in [1.165, 1.54) is 24.3 Å². The van der Waals surface area contributed by atoms with Gasteiger partial charge < -0.3 is 21.3 Å². The fraction of sp³-hybridized carbons (Fsp3) is 0.375. The lowest BCUT2D eigenvalue weighted by Crippen LogP contribution is -2.28. The molecule has 1 fully saturated rings. The van der Waals surface area contributed by atoms with E-state index in [0.717, 1.165) is 0 Å². The molecular weight excluding hydrogens is 363 g/mol. The maximum Gasteiger partial charge on any atom is 0.223 e. The van der Waals surface area contributed by atoms with Crippen LogP contribution in [0, 0.1) is 11.7 Å². The van der Waals surface area contributed by atoms with Crippen molar-refractivity contribution in [2.45, 2.75) is 25.0 Å². The fourth-order valence-corrected chi connectivity index (χ4v) is 3.06. The molecular formula is C16H18ClFN6O2. The summed E-state index contributed by atoms with van der Waals surface area (Å²) in [7, 11) is 0. The number of aliphatic hydroxyl groups is 2. The highest BCUT2D eigenvalue weighted by atomic mass is 35.5. The number of rotatable bonds is 5. The summed E-state index contributed by atoms with van der Waals surface area (Å²) in [5.41, 5.74) is 6.23. The summed E-state index contributed by atoms with van der Waals surface area (Å²) in [6.07, 6.45) is 0.395. The van der Waals surface area contributed by atoms with E-state index in [2.05, 4.69) is 25.5 Å². The number of hydrogen-bond donors (Lipinski definition) is 4. The Balaban J connectivity index is 1.86. The van der Waals surface area contributed by atoms with E-state index in [1.54, 1.807) is 0 Å². The number of benzene rings is 1. The Kier molecular flexibility index (Phi) is 5.60. The number of halogens is 2. The number of hydrogen-bond acceptors (Lipinski definition) is 8. The molecule has 3 rings (SSSR count). The molecule has 26 heavy (non-hydrogen) atoms. The van der Waals surface area contributed by atoms with Crippen LogP contribution in [0.3, 0.4) is 0 Å². The molecule has 0 bridgehead atoms. The Morgan fingerprint density at radius 3 is 2.62 bits per heavy atom. The van der Waals surface area contributed by atoms with Gasteiger partial charge in [-0.25, -0.2) is 4.39 Å². The molecule has 2 aromatic rings. The van der Waals surface area contributed by atoms with Gasteiger partial charge in [0.15, 0.2) is 16.7 Å². The summed E-state index contributed by atoms with van der Waals surface area (Å²) in [5.74, 6) is -0.198. The van der Waals surface area contributed by atoms with Crippen molar-refractivity contribution in [1.82, 2.24) is 9.97 Å². The number of nitrogens with one attached hydrogen (secondary N) is 1. The molecule has 8 nitrogen and oxygen atoms in total. The van der Waals surface area contributed by atoms with Gasteiger partial charge in [0.2, 0.25) is 5.95 Å². The molecule has 5 N–H and O–H groups in total. The lowest BCUT2D eigenvalue weighted by atomic mass is 10.1. The Labute approximate surface area is 154 Å². The predicted molar refractivity (Wildman–Crippen MR) is 95.3 cm³/mol. The zero-order chi connectivity index (χ0) is 18.7. The molecule has 3 unspecified atom stereocenters. The number of nitrogen functional groups attached to an aromatic ring is 1. The molecule has 10 heteroatoms. The Morgan fingerprint density at radius 2 is 1.96 bits per heavy atom. The number of azo groups is 1. The zero-order valence-electron chi connectivity index (χ0n) is 13.7. The van der Waals surface area contributed by atoms with E-state index in [0.29, 0.717) is 18.5 Å². The number of anilines is 2. The monoisotopic (exact) mass is 380 g/mol. The van der Waals surface area contributed by atoms with Crippen LogP contribution < -0.4 is 11.1 Å². The third kappa shape index (κ3) is 4.24. The first-order valence-electron chi connectivity index (χ1n) is 8.02. The third-order valence-electron chi connectivity index (χ3n) is 4.16. The van der Waals surface area contributed by atoms with Crippen LogP contribution >= 0.6 is 11.6 Å².